The number of para-hydroxylation sites is 1. The smallest absolute Gasteiger partial charge is 0.264 e. The molecule has 0 saturated heterocycles. The van der Waals surface area contributed by atoms with Gasteiger partial charge in [0.1, 0.15) is 18.4 Å². The summed E-state index contributed by atoms with van der Waals surface area (Å²) in [5.74, 6) is -1.53. The number of nitrogens with zero attached hydrogens (tertiary/aromatic N) is 2. The molecule has 1 saturated carbocycles. The minimum Gasteiger partial charge on any atom is -0.352 e. The summed E-state index contributed by atoms with van der Waals surface area (Å²) >= 11 is 12.5. The van der Waals surface area contributed by atoms with E-state index in [1.165, 1.54) is 4.90 Å². The molecule has 218 valence electrons. The average Bonchev–Trinajstić information content (AvgIpc) is 2.96. The molecule has 0 unspecified atom stereocenters. The molecule has 3 aromatic rings. The van der Waals surface area contributed by atoms with Crippen LogP contribution < -0.4 is 9.62 Å². The van der Waals surface area contributed by atoms with Gasteiger partial charge in [-0.3, -0.25) is 13.9 Å². The lowest BCUT2D eigenvalue weighted by atomic mass is 9.95. The van der Waals surface area contributed by atoms with Gasteiger partial charge in [-0.25, -0.2) is 12.8 Å². The third-order valence-corrected chi connectivity index (χ3v) is 9.57. The summed E-state index contributed by atoms with van der Waals surface area (Å²) in [6.45, 7) is 0.963. The number of amides is 2. The van der Waals surface area contributed by atoms with Crippen molar-refractivity contribution in [1.82, 2.24) is 10.2 Å². The molecule has 0 radical (unpaired) electrons. The van der Waals surface area contributed by atoms with Crippen LogP contribution in [0.2, 0.25) is 10.0 Å². The van der Waals surface area contributed by atoms with Gasteiger partial charge in [-0.15, -0.1) is 0 Å². The Labute approximate surface area is 250 Å². The molecule has 1 atom stereocenters. The van der Waals surface area contributed by atoms with E-state index in [1.54, 1.807) is 55.5 Å². The number of sulfonamides is 1. The Morgan fingerprint density at radius 2 is 1.63 bits per heavy atom. The molecule has 4 rings (SSSR count). The van der Waals surface area contributed by atoms with Gasteiger partial charge in [-0.05, 0) is 73.9 Å². The molecule has 1 aliphatic carbocycles. The second-order valence-electron chi connectivity index (χ2n) is 10.1. The number of rotatable bonds is 10. The van der Waals surface area contributed by atoms with Crippen molar-refractivity contribution in [2.75, 3.05) is 10.8 Å². The van der Waals surface area contributed by atoms with Crippen LogP contribution in [0.3, 0.4) is 0 Å². The molecule has 1 aliphatic rings. The van der Waals surface area contributed by atoms with Crippen molar-refractivity contribution in [2.24, 2.45) is 0 Å². The maximum Gasteiger partial charge on any atom is 0.264 e. The highest BCUT2D eigenvalue weighted by Crippen LogP contribution is 2.27. The largest absolute Gasteiger partial charge is 0.352 e. The van der Waals surface area contributed by atoms with Crippen LogP contribution in [0.25, 0.3) is 0 Å². The number of hydrogen-bond donors (Lipinski definition) is 1. The fraction of sp³-hybridized carbons (Fsp3) is 0.333. The predicted molar refractivity (Wildman–Crippen MR) is 159 cm³/mol. The van der Waals surface area contributed by atoms with Crippen molar-refractivity contribution in [3.8, 4) is 0 Å². The van der Waals surface area contributed by atoms with Gasteiger partial charge >= 0.3 is 0 Å². The summed E-state index contributed by atoms with van der Waals surface area (Å²) < 4.78 is 42.0. The zero-order valence-corrected chi connectivity index (χ0v) is 24.9. The van der Waals surface area contributed by atoms with Gasteiger partial charge in [0.05, 0.1) is 10.6 Å². The summed E-state index contributed by atoms with van der Waals surface area (Å²) in [5, 5.41) is 3.79. The lowest BCUT2D eigenvalue weighted by Gasteiger charge is -2.33. The van der Waals surface area contributed by atoms with Crippen LogP contribution in [0, 0.1) is 5.82 Å². The van der Waals surface area contributed by atoms with E-state index in [4.69, 9.17) is 23.2 Å². The monoisotopic (exact) mass is 619 g/mol. The fourth-order valence-corrected chi connectivity index (χ4v) is 6.72. The summed E-state index contributed by atoms with van der Waals surface area (Å²) in [4.78, 5) is 28.5. The normalized spacial score (nSPS) is 14.7. The standard InChI is InChI=1S/C30H32Cl2FN3O4S/c1-21(30(38)34-25-8-4-2-5-9-25)35(19-22-12-13-23(31)18-28(22)32)29(37)20-36(26-10-6-3-7-11-26)41(39,40)27-16-14-24(33)15-17-27/h3,6-7,10-18,21,25H,2,4-5,8-9,19-20H2,1H3,(H,34,38)/t21-/m1/s1. The van der Waals surface area contributed by atoms with Gasteiger partial charge in [0.2, 0.25) is 11.8 Å². The molecule has 1 N–H and O–H groups in total. The van der Waals surface area contributed by atoms with Crippen molar-refractivity contribution < 1.29 is 22.4 Å². The first-order valence-electron chi connectivity index (χ1n) is 13.4. The van der Waals surface area contributed by atoms with Crippen molar-refractivity contribution in [1.29, 1.82) is 0 Å². The molecule has 0 heterocycles. The first-order valence-corrected chi connectivity index (χ1v) is 15.6. The van der Waals surface area contributed by atoms with Crippen LogP contribution in [0.15, 0.2) is 77.7 Å². The van der Waals surface area contributed by atoms with Crippen LogP contribution in [0.4, 0.5) is 10.1 Å². The molecule has 0 aromatic heterocycles. The Balaban J connectivity index is 1.67. The molecule has 11 heteroatoms. The van der Waals surface area contributed by atoms with Crippen LogP contribution in [-0.2, 0) is 26.2 Å². The van der Waals surface area contributed by atoms with E-state index < -0.39 is 34.3 Å². The van der Waals surface area contributed by atoms with Gasteiger partial charge in [0, 0.05) is 22.6 Å². The molecule has 7 nitrogen and oxygen atoms in total. The Hall–Kier alpha value is -3.14. The van der Waals surface area contributed by atoms with Crippen LogP contribution in [0.1, 0.15) is 44.6 Å². The zero-order chi connectivity index (χ0) is 29.6. The third-order valence-electron chi connectivity index (χ3n) is 7.20. The number of benzene rings is 3. The number of nitrogens with one attached hydrogen (secondary N) is 1. The highest BCUT2D eigenvalue weighted by atomic mass is 35.5. The lowest BCUT2D eigenvalue weighted by molar-refractivity contribution is -0.139. The van der Waals surface area contributed by atoms with Gasteiger partial charge in [0.15, 0.2) is 0 Å². The van der Waals surface area contributed by atoms with Gasteiger partial charge < -0.3 is 10.2 Å². The highest BCUT2D eigenvalue weighted by molar-refractivity contribution is 7.92. The van der Waals surface area contributed by atoms with Crippen LogP contribution in [-0.4, -0.2) is 43.8 Å². The molecular formula is C30H32Cl2FN3O4S. The van der Waals surface area contributed by atoms with E-state index in [1.807, 2.05) is 0 Å². The van der Waals surface area contributed by atoms with Gasteiger partial charge in [-0.1, -0.05) is 66.7 Å². The molecule has 2 amide bonds. The molecule has 3 aromatic carbocycles. The molecule has 0 aliphatic heterocycles. The Morgan fingerprint density at radius 3 is 2.27 bits per heavy atom. The second kappa shape index (κ2) is 13.7. The molecule has 1 fully saturated rings. The van der Waals surface area contributed by atoms with Crippen LogP contribution >= 0.6 is 23.2 Å². The number of hydrogen-bond acceptors (Lipinski definition) is 4. The van der Waals surface area contributed by atoms with Gasteiger partial charge in [0.25, 0.3) is 10.0 Å². The van der Waals surface area contributed by atoms with Crippen molar-refractivity contribution in [2.45, 2.75) is 62.6 Å². The minimum absolute atomic E-state index is 0.0226. The topological polar surface area (TPSA) is 86.8 Å². The quantitative estimate of drug-likeness (QED) is 0.293. The summed E-state index contributed by atoms with van der Waals surface area (Å²) in [7, 11) is -4.28. The number of anilines is 1. The third kappa shape index (κ3) is 7.78. The van der Waals surface area contributed by atoms with E-state index in [2.05, 4.69) is 5.32 Å². The van der Waals surface area contributed by atoms with Crippen LogP contribution in [0.5, 0.6) is 0 Å². The molecule has 0 bridgehead atoms. The summed E-state index contributed by atoms with van der Waals surface area (Å²) in [6, 6.07) is 16.5. The molecule has 0 spiro atoms. The average molecular weight is 621 g/mol. The minimum atomic E-state index is -4.28. The summed E-state index contributed by atoms with van der Waals surface area (Å²) in [5.41, 5.74) is 0.795. The molecular weight excluding hydrogens is 588 g/mol. The zero-order valence-electron chi connectivity index (χ0n) is 22.6. The fourth-order valence-electron chi connectivity index (χ4n) is 4.84. The van der Waals surface area contributed by atoms with Crippen molar-refractivity contribution in [3.63, 3.8) is 0 Å². The van der Waals surface area contributed by atoms with Gasteiger partial charge in [-0.2, -0.15) is 0 Å². The van der Waals surface area contributed by atoms with E-state index in [0.29, 0.717) is 15.6 Å². The maximum absolute atomic E-state index is 14.0. The number of carbonyl (C=O) groups excluding carboxylic acids is 2. The summed E-state index contributed by atoms with van der Waals surface area (Å²) in [6.07, 6.45) is 4.91. The Bertz CT molecular complexity index is 1470. The maximum atomic E-state index is 14.0. The highest BCUT2D eigenvalue weighted by Gasteiger charge is 2.33. The number of carbonyl (C=O) groups is 2. The Kier molecular flexibility index (Phi) is 10.3. The second-order valence-corrected chi connectivity index (χ2v) is 12.8. The van der Waals surface area contributed by atoms with E-state index in [9.17, 15) is 22.4 Å². The lowest BCUT2D eigenvalue weighted by Crippen LogP contribution is -2.53. The first kappa shape index (κ1) is 30.8. The van der Waals surface area contributed by atoms with E-state index in [-0.39, 0.29) is 29.1 Å². The van der Waals surface area contributed by atoms with Crippen molar-refractivity contribution >= 4 is 50.7 Å². The predicted octanol–water partition coefficient (Wildman–Crippen LogP) is 6.19. The van der Waals surface area contributed by atoms with E-state index >= 15 is 0 Å². The van der Waals surface area contributed by atoms with Crippen molar-refractivity contribution in [3.05, 3.63) is 94.2 Å². The van der Waals surface area contributed by atoms with E-state index in [0.717, 1.165) is 60.7 Å². The Morgan fingerprint density at radius 1 is 0.976 bits per heavy atom. The number of halogens is 3. The SMILES string of the molecule is C[C@H](C(=O)NC1CCCCC1)N(Cc1ccc(Cl)cc1Cl)C(=O)CN(c1ccccc1)S(=O)(=O)c1ccc(F)cc1. The first-order chi connectivity index (χ1) is 19.6. The molecule has 41 heavy (non-hydrogen) atoms.